The molecule has 0 aromatic heterocycles. The van der Waals surface area contributed by atoms with Gasteiger partial charge in [0.05, 0.1) is 24.7 Å². The van der Waals surface area contributed by atoms with Crippen molar-refractivity contribution in [1.82, 2.24) is 4.90 Å². The minimum absolute atomic E-state index is 0.252. The molecule has 124 valence electrons. The second-order valence-corrected chi connectivity index (χ2v) is 6.09. The molecule has 0 atom stereocenters. The van der Waals surface area contributed by atoms with Crippen LogP contribution in [0.5, 0.6) is 5.75 Å². The zero-order valence-electron chi connectivity index (χ0n) is 13.4. The third kappa shape index (κ3) is 4.84. The van der Waals surface area contributed by atoms with Crippen molar-refractivity contribution < 1.29 is 19.1 Å². The number of carbonyl (C=O) groups is 2. The number of amides is 2. The number of nitrogens with zero attached hydrogens (tertiary/aromatic N) is 1. The molecule has 1 fully saturated rings. The topological polar surface area (TPSA) is 55.8 Å². The van der Waals surface area contributed by atoms with Crippen LogP contribution in [0.4, 0.5) is 4.79 Å². The molecule has 0 unspecified atom stereocenters. The highest BCUT2D eigenvalue weighted by Crippen LogP contribution is 2.32. The Morgan fingerprint density at radius 1 is 1.17 bits per heavy atom. The maximum Gasteiger partial charge on any atom is 0.293 e. The van der Waals surface area contributed by atoms with Gasteiger partial charge in [0.25, 0.3) is 11.1 Å². The molecule has 6 heteroatoms. The first-order chi connectivity index (χ1) is 11.2. The SMILES string of the molecule is CCCCOc1ccc(/C=C2\SC(=O)N(CCOC)C2=O)cc1. The van der Waals surface area contributed by atoms with E-state index in [1.165, 1.54) is 4.90 Å². The molecule has 1 saturated heterocycles. The summed E-state index contributed by atoms with van der Waals surface area (Å²) in [5.74, 6) is 0.545. The highest BCUT2D eigenvalue weighted by Gasteiger charge is 2.34. The number of unbranched alkanes of at least 4 members (excludes halogenated alkanes) is 1. The number of ether oxygens (including phenoxy) is 2. The molecule has 1 aliphatic rings. The lowest BCUT2D eigenvalue weighted by molar-refractivity contribution is -0.123. The minimum Gasteiger partial charge on any atom is -0.494 e. The maximum atomic E-state index is 12.2. The molecule has 5 nitrogen and oxygen atoms in total. The standard InChI is InChI=1S/C17H21NO4S/c1-3-4-10-22-14-7-5-13(6-8-14)12-15-16(19)18(9-11-21-2)17(20)23-15/h5-8,12H,3-4,9-11H2,1-2H3/b15-12-. The van der Waals surface area contributed by atoms with Gasteiger partial charge in [-0.2, -0.15) is 0 Å². The fraction of sp³-hybridized carbons (Fsp3) is 0.412. The van der Waals surface area contributed by atoms with E-state index < -0.39 is 0 Å². The zero-order chi connectivity index (χ0) is 16.7. The first-order valence-electron chi connectivity index (χ1n) is 7.63. The number of benzene rings is 1. The molecule has 0 N–H and O–H groups in total. The summed E-state index contributed by atoms with van der Waals surface area (Å²) in [6, 6.07) is 7.50. The number of hydrogen-bond acceptors (Lipinski definition) is 5. The summed E-state index contributed by atoms with van der Waals surface area (Å²) in [5, 5.41) is -0.252. The average molecular weight is 335 g/mol. The molecule has 0 radical (unpaired) electrons. The van der Waals surface area contributed by atoms with Gasteiger partial charge in [0, 0.05) is 7.11 Å². The van der Waals surface area contributed by atoms with Gasteiger partial charge < -0.3 is 9.47 Å². The Morgan fingerprint density at radius 3 is 2.57 bits per heavy atom. The van der Waals surface area contributed by atoms with Crippen LogP contribution in [0.3, 0.4) is 0 Å². The van der Waals surface area contributed by atoms with E-state index in [4.69, 9.17) is 9.47 Å². The first-order valence-corrected chi connectivity index (χ1v) is 8.44. The van der Waals surface area contributed by atoms with Crippen molar-refractivity contribution in [2.45, 2.75) is 19.8 Å². The Morgan fingerprint density at radius 2 is 1.91 bits per heavy atom. The van der Waals surface area contributed by atoms with Crippen LogP contribution in [0.2, 0.25) is 0 Å². The van der Waals surface area contributed by atoms with Gasteiger partial charge in [-0.25, -0.2) is 0 Å². The highest BCUT2D eigenvalue weighted by molar-refractivity contribution is 8.18. The Balaban J connectivity index is 2.01. The fourth-order valence-corrected chi connectivity index (χ4v) is 2.89. The van der Waals surface area contributed by atoms with E-state index in [0.717, 1.165) is 35.9 Å². The molecule has 1 heterocycles. The van der Waals surface area contributed by atoms with E-state index in [1.54, 1.807) is 13.2 Å². The number of methoxy groups -OCH3 is 1. The number of thioether (sulfide) groups is 1. The van der Waals surface area contributed by atoms with Crippen LogP contribution in [0.25, 0.3) is 6.08 Å². The van der Waals surface area contributed by atoms with E-state index in [2.05, 4.69) is 6.92 Å². The van der Waals surface area contributed by atoms with Gasteiger partial charge in [-0.3, -0.25) is 14.5 Å². The number of imide groups is 1. The minimum atomic E-state index is -0.264. The smallest absolute Gasteiger partial charge is 0.293 e. The van der Waals surface area contributed by atoms with E-state index in [1.807, 2.05) is 24.3 Å². The molecule has 1 aromatic carbocycles. The average Bonchev–Trinajstić information content (AvgIpc) is 2.81. The summed E-state index contributed by atoms with van der Waals surface area (Å²) in [6.07, 6.45) is 3.85. The zero-order valence-corrected chi connectivity index (χ0v) is 14.2. The Hall–Kier alpha value is -1.79. The van der Waals surface area contributed by atoms with E-state index in [-0.39, 0.29) is 17.7 Å². The normalized spacial score (nSPS) is 16.4. The second-order valence-electron chi connectivity index (χ2n) is 5.10. The van der Waals surface area contributed by atoms with Gasteiger partial charge in [0.2, 0.25) is 0 Å². The second kappa shape index (κ2) is 8.74. The largest absolute Gasteiger partial charge is 0.494 e. The summed E-state index contributed by atoms with van der Waals surface area (Å²) < 4.78 is 10.5. The van der Waals surface area contributed by atoms with Crippen LogP contribution >= 0.6 is 11.8 Å². The molecule has 23 heavy (non-hydrogen) atoms. The number of rotatable bonds is 8. The Kier molecular flexibility index (Phi) is 6.67. The summed E-state index contributed by atoms with van der Waals surface area (Å²) in [6.45, 7) is 3.44. The van der Waals surface area contributed by atoms with Crippen LogP contribution in [-0.4, -0.2) is 42.9 Å². The molecule has 0 aliphatic carbocycles. The molecule has 0 spiro atoms. The molecular weight excluding hydrogens is 314 g/mol. The van der Waals surface area contributed by atoms with E-state index in [9.17, 15) is 9.59 Å². The molecule has 1 aliphatic heterocycles. The molecule has 2 amide bonds. The summed E-state index contributed by atoms with van der Waals surface area (Å²) >= 11 is 0.960. The number of carbonyl (C=O) groups excluding carboxylic acids is 2. The lowest BCUT2D eigenvalue weighted by Gasteiger charge is -2.10. The highest BCUT2D eigenvalue weighted by atomic mass is 32.2. The summed E-state index contributed by atoms with van der Waals surface area (Å²) in [7, 11) is 1.54. The lowest BCUT2D eigenvalue weighted by atomic mass is 10.2. The molecule has 2 rings (SSSR count). The van der Waals surface area contributed by atoms with Crippen LogP contribution in [-0.2, 0) is 9.53 Å². The fourth-order valence-electron chi connectivity index (χ4n) is 2.02. The van der Waals surface area contributed by atoms with Gasteiger partial charge in [-0.1, -0.05) is 25.5 Å². The third-order valence-corrected chi connectivity index (χ3v) is 4.24. The predicted molar refractivity (Wildman–Crippen MR) is 91.4 cm³/mol. The quantitative estimate of drug-likeness (QED) is 0.537. The Bertz CT molecular complexity index is 583. The molecular formula is C17H21NO4S. The third-order valence-electron chi connectivity index (χ3n) is 3.34. The van der Waals surface area contributed by atoms with E-state index in [0.29, 0.717) is 18.1 Å². The Labute approximate surface area is 140 Å². The van der Waals surface area contributed by atoms with Crippen LogP contribution < -0.4 is 4.74 Å². The first kappa shape index (κ1) is 17.6. The van der Waals surface area contributed by atoms with Crippen LogP contribution in [0.1, 0.15) is 25.3 Å². The van der Waals surface area contributed by atoms with Gasteiger partial charge in [0.15, 0.2) is 0 Å². The maximum absolute atomic E-state index is 12.2. The molecule has 1 aromatic rings. The van der Waals surface area contributed by atoms with Crippen LogP contribution in [0.15, 0.2) is 29.2 Å². The monoisotopic (exact) mass is 335 g/mol. The molecule has 0 saturated carbocycles. The van der Waals surface area contributed by atoms with Crippen molar-refractivity contribution in [3.63, 3.8) is 0 Å². The van der Waals surface area contributed by atoms with Crippen molar-refractivity contribution >= 4 is 29.0 Å². The van der Waals surface area contributed by atoms with Crippen molar-refractivity contribution in [2.75, 3.05) is 26.9 Å². The molecule has 0 bridgehead atoms. The van der Waals surface area contributed by atoms with Crippen molar-refractivity contribution in [3.05, 3.63) is 34.7 Å². The van der Waals surface area contributed by atoms with Crippen molar-refractivity contribution in [1.29, 1.82) is 0 Å². The van der Waals surface area contributed by atoms with Crippen molar-refractivity contribution in [2.24, 2.45) is 0 Å². The predicted octanol–water partition coefficient (Wildman–Crippen LogP) is 3.55. The lowest BCUT2D eigenvalue weighted by Crippen LogP contribution is -2.31. The number of hydrogen-bond donors (Lipinski definition) is 0. The van der Waals surface area contributed by atoms with Crippen LogP contribution in [0, 0.1) is 0 Å². The summed E-state index contributed by atoms with van der Waals surface area (Å²) in [4.78, 5) is 25.7. The summed E-state index contributed by atoms with van der Waals surface area (Å²) in [5.41, 5.74) is 0.866. The van der Waals surface area contributed by atoms with Gasteiger partial charge in [0.1, 0.15) is 5.75 Å². The van der Waals surface area contributed by atoms with E-state index >= 15 is 0 Å². The van der Waals surface area contributed by atoms with Crippen molar-refractivity contribution in [3.8, 4) is 5.75 Å². The van der Waals surface area contributed by atoms with Gasteiger partial charge >= 0.3 is 0 Å². The van der Waals surface area contributed by atoms with Gasteiger partial charge in [-0.05, 0) is 42.0 Å². The van der Waals surface area contributed by atoms with Gasteiger partial charge in [-0.15, -0.1) is 0 Å².